The Labute approximate surface area is 114 Å². The maximum atomic E-state index is 12.3. The number of aromatic nitrogens is 2. The molecule has 1 amide bonds. The second kappa shape index (κ2) is 6.10. The zero-order valence-electron chi connectivity index (χ0n) is 11.8. The molecule has 0 aromatic carbocycles. The number of hydrogen-bond acceptors (Lipinski definition) is 4. The minimum Gasteiger partial charge on any atom is -0.381 e. The number of amides is 1. The molecule has 0 aliphatic carbocycles. The molecule has 2 heterocycles. The highest BCUT2D eigenvalue weighted by molar-refractivity contribution is 5.92. The first-order chi connectivity index (χ1) is 9.09. The number of carbonyl (C=O) groups excluding carboxylic acids is 1. The summed E-state index contributed by atoms with van der Waals surface area (Å²) >= 11 is 0. The largest absolute Gasteiger partial charge is 0.381 e. The van der Waals surface area contributed by atoms with Crippen molar-refractivity contribution < 1.29 is 9.53 Å². The van der Waals surface area contributed by atoms with Gasteiger partial charge < -0.3 is 4.74 Å². The van der Waals surface area contributed by atoms with E-state index in [4.69, 9.17) is 4.74 Å². The molecule has 0 spiro atoms. The van der Waals surface area contributed by atoms with Crippen molar-refractivity contribution in [3.63, 3.8) is 0 Å². The van der Waals surface area contributed by atoms with Gasteiger partial charge in [0.25, 0.3) is 0 Å². The first-order valence-corrected chi connectivity index (χ1v) is 6.77. The van der Waals surface area contributed by atoms with E-state index in [2.05, 4.69) is 23.8 Å². The van der Waals surface area contributed by atoms with E-state index in [0.29, 0.717) is 25.1 Å². The Hall–Kier alpha value is -1.49. The lowest BCUT2D eigenvalue weighted by Crippen LogP contribution is -2.36. The van der Waals surface area contributed by atoms with Crippen LogP contribution in [0.1, 0.15) is 38.2 Å². The van der Waals surface area contributed by atoms with E-state index in [9.17, 15) is 4.79 Å². The van der Waals surface area contributed by atoms with Gasteiger partial charge >= 0.3 is 0 Å². The van der Waals surface area contributed by atoms with Gasteiger partial charge in [-0.2, -0.15) is 0 Å². The van der Waals surface area contributed by atoms with Crippen molar-refractivity contribution in [2.45, 2.75) is 32.6 Å². The monoisotopic (exact) mass is 263 g/mol. The van der Waals surface area contributed by atoms with Crippen LogP contribution in [0.4, 0.5) is 5.95 Å². The Balaban J connectivity index is 2.05. The second-order valence-electron chi connectivity index (χ2n) is 5.25. The fourth-order valence-corrected chi connectivity index (χ4v) is 2.12. The van der Waals surface area contributed by atoms with Gasteiger partial charge in [0.2, 0.25) is 11.9 Å². The van der Waals surface area contributed by atoms with Crippen molar-refractivity contribution in [2.75, 3.05) is 25.2 Å². The van der Waals surface area contributed by atoms with Gasteiger partial charge in [0.15, 0.2) is 0 Å². The van der Waals surface area contributed by atoms with Crippen molar-refractivity contribution in [2.24, 2.45) is 5.92 Å². The predicted octanol–water partition coefficient (Wildman–Crippen LogP) is 1.99. The first-order valence-electron chi connectivity index (χ1n) is 6.77. The lowest BCUT2D eigenvalue weighted by atomic mass is 9.99. The van der Waals surface area contributed by atoms with Gasteiger partial charge in [-0.25, -0.2) is 9.97 Å². The minimum atomic E-state index is 0.0344. The molecule has 0 radical (unpaired) electrons. The fourth-order valence-electron chi connectivity index (χ4n) is 2.12. The Morgan fingerprint density at radius 3 is 2.42 bits per heavy atom. The highest BCUT2D eigenvalue weighted by Gasteiger charge is 2.26. The number of rotatable bonds is 3. The normalized spacial score (nSPS) is 16.6. The summed E-state index contributed by atoms with van der Waals surface area (Å²) in [4.78, 5) is 22.4. The average molecular weight is 263 g/mol. The van der Waals surface area contributed by atoms with E-state index in [-0.39, 0.29) is 11.8 Å². The zero-order valence-corrected chi connectivity index (χ0v) is 11.8. The summed E-state index contributed by atoms with van der Waals surface area (Å²) in [7, 11) is 1.74. The first kappa shape index (κ1) is 13.9. The van der Waals surface area contributed by atoms with Crippen molar-refractivity contribution >= 4 is 11.9 Å². The van der Waals surface area contributed by atoms with Gasteiger partial charge in [0, 0.05) is 38.6 Å². The van der Waals surface area contributed by atoms with Crippen LogP contribution in [0.5, 0.6) is 0 Å². The number of anilines is 1. The van der Waals surface area contributed by atoms with E-state index in [1.165, 1.54) is 0 Å². The number of ether oxygens (including phenoxy) is 1. The summed E-state index contributed by atoms with van der Waals surface area (Å²) in [5.74, 6) is 0.985. The molecule has 5 nitrogen and oxygen atoms in total. The SMILES string of the molecule is CC(C)c1cnc(N(C)C(=O)C2CCOCC2)nc1. The summed E-state index contributed by atoms with van der Waals surface area (Å²) in [6.45, 7) is 5.51. The highest BCUT2D eigenvalue weighted by Crippen LogP contribution is 2.20. The average Bonchev–Trinajstić information content (AvgIpc) is 2.46. The van der Waals surface area contributed by atoms with Gasteiger partial charge in [-0.15, -0.1) is 0 Å². The van der Waals surface area contributed by atoms with Crippen LogP contribution in [0.3, 0.4) is 0 Å². The molecular formula is C14H21N3O2. The molecule has 1 aliphatic rings. The molecule has 19 heavy (non-hydrogen) atoms. The molecule has 0 atom stereocenters. The second-order valence-corrected chi connectivity index (χ2v) is 5.25. The van der Waals surface area contributed by atoms with E-state index < -0.39 is 0 Å². The third-order valence-corrected chi connectivity index (χ3v) is 3.53. The Kier molecular flexibility index (Phi) is 4.47. The molecule has 1 aromatic rings. The Morgan fingerprint density at radius 1 is 1.32 bits per heavy atom. The highest BCUT2D eigenvalue weighted by atomic mass is 16.5. The van der Waals surface area contributed by atoms with Crippen LogP contribution in [0, 0.1) is 5.92 Å². The molecule has 1 aromatic heterocycles. The molecule has 0 unspecified atom stereocenters. The molecule has 1 aliphatic heterocycles. The molecule has 104 valence electrons. The summed E-state index contributed by atoms with van der Waals surface area (Å²) in [5.41, 5.74) is 1.08. The third kappa shape index (κ3) is 3.29. The lowest BCUT2D eigenvalue weighted by molar-refractivity contribution is -0.124. The topological polar surface area (TPSA) is 55.3 Å². The van der Waals surface area contributed by atoms with Crippen LogP contribution in [-0.4, -0.2) is 36.1 Å². The van der Waals surface area contributed by atoms with E-state index in [0.717, 1.165) is 18.4 Å². The number of hydrogen-bond donors (Lipinski definition) is 0. The van der Waals surface area contributed by atoms with Crippen molar-refractivity contribution in [3.05, 3.63) is 18.0 Å². The summed E-state index contributed by atoms with van der Waals surface area (Å²) in [6, 6.07) is 0. The van der Waals surface area contributed by atoms with Crippen LogP contribution in [0.15, 0.2) is 12.4 Å². The Bertz CT molecular complexity index is 425. The molecule has 1 saturated heterocycles. The molecule has 0 N–H and O–H groups in total. The molecule has 1 fully saturated rings. The minimum absolute atomic E-state index is 0.0344. The molecule has 2 rings (SSSR count). The number of carbonyl (C=O) groups is 1. The van der Waals surface area contributed by atoms with Gasteiger partial charge in [-0.05, 0) is 24.3 Å². The quantitative estimate of drug-likeness (QED) is 0.837. The standard InChI is InChI=1S/C14H21N3O2/c1-10(2)12-8-15-14(16-9-12)17(3)13(18)11-4-6-19-7-5-11/h8-11H,4-7H2,1-3H3. The van der Waals surface area contributed by atoms with E-state index in [1.807, 2.05) is 0 Å². The van der Waals surface area contributed by atoms with Crippen molar-refractivity contribution in [1.29, 1.82) is 0 Å². The molecule has 0 saturated carbocycles. The van der Waals surface area contributed by atoms with Crippen LogP contribution in [0.2, 0.25) is 0 Å². The number of nitrogens with zero attached hydrogens (tertiary/aromatic N) is 3. The molecule has 0 bridgehead atoms. The van der Waals surface area contributed by atoms with Crippen LogP contribution >= 0.6 is 0 Å². The Morgan fingerprint density at radius 2 is 1.89 bits per heavy atom. The van der Waals surface area contributed by atoms with Crippen LogP contribution in [0.25, 0.3) is 0 Å². The lowest BCUT2D eigenvalue weighted by Gasteiger charge is -2.25. The van der Waals surface area contributed by atoms with Crippen molar-refractivity contribution in [3.8, 4) is 0 Å². The van der Waals surface area contributed by atoms with Gasteiger partial charge in [-0.1, -0.05) is 13.8 Å². The maximum absolute atomic E-state index is 12.3. The van der Waals surface area contributed by atoms with Gasteiger partial charge in [0.05, 0.1) is 0 Å². The van der Waals surface area contributed by atoms with Crippen molar-refractivity contribution in [1.82, 2.24) is 9.97 Å². The maximum Gasteiger partial charge on any atom is 0.232 e. The summed E-state index contributed by atoms with van der Waals surface area (Å²) in [6.07, 6.45) is 5.15. The third-order valence-electron chi connectivity index (χ3n) is 3.53. The molecular weight excluding hydrogens is 242 g/mol. The summed E-state index contributed by atoms with van der Waals surface area (Å²) < 4.78 is 5.28. The van der Waals surface area contributed by atoms with Gasteiger partial charge in [0.1, 0.15) is 0 Å². The predicted molar refractivity (Wildman–Crippen MR) is 73.1 cm³/mol. The van der Waals surface area contributed by atoms with Crippen LogP contribution < -0.4 is 4.90 Å². The smallest absolute Gasteiger partial charge is 0.232 e. The molecule has 5 heteroatoms. The zero-order chi connectivity index (χ0) is 13.8. The van der Waals surface area contributed by atoms with Crippen LogP contribution in [-0.2, 0) is 9.53 Å². The van der Waals surface area contributed by atoms with Gasteiger partial charge in [-0.3, -0.25) is 9.69 Å². The van der Waals surface area contributed by atoms with E-state index >= 15 is 0 Å². The van der Waals surface area contributed by atoms with E-state index in [1.54, 1.807) is 24.3 Å². The fraction of sp³-hybridized carbons (Fsp3) is 0.643. The summed E-state index contributed by atoms with van der Waals surface area (Å²) in [5, 5.41) is 0.